The molecule has 1 aliphatic heterocycles. The Kier molecular flexibility index (Phi) is 4.99. The maximum Gasteiger partial charge on any atom is 0.310 e. The van der Waals surface area contributed by atoms with Crippen LogP contribution in [0.5, 0.6) is 0 Å². The number of carbonyl (C=O) groups is 2. The molecule has 0 bridgehead atoms. The predicted octanol–water partition coefficient (Wildman–Crippen LogP) is 3.25. The standard InChI is InChI=1S/C19H21NO4/c1-2-23-19(22)15-7-5-11-20(13-15)18(21)10-9-16-12-14-6-3-4-8-17(14)24-16/h3-4,6,8-10,12,15H,2,5,7,11,13H2,1H3/b10-9+. The summed E-state index contributed by atoms with van der Waals surface area (Å²) in [6.45, 7) is 3.25. The number of nitrogens with zero attached hydrogens (tertiary/aromatic N) is 1. The van der Waals surface area contributed by atoms with Gasteiger partial charge in [0.15, 0.2) is 0 Å². The maximum atomic E-state index is 12.4. The van der Waals surface area contributed by atoms with Gasteiger partial charge in [-0.05, 0) is 38.0 Å². The third-order valence-electron chi connectivity index (χ3n) is 4.19. The van der Waals surface area contributed by atoms with Gasteiger partial charge in [0.2, 0.25) is 5.91 Å². The molecule has 1 aromatic carbocycles. The van der Waals surface area contributed by atoms with Crippen molar-refractivity contribution < 1.29 is 18.7 Å². The van der Waals surface area contributed by atoms with E-state index in [0.29, 0.717) is 25.5 Å². The van der Waals surface area contributed by atoms with Crippen LogP contribution in [-0.4, -0.2) is 36.5 Å². The van der Waals surface area contributed by atoms with Crippen molar-refractivity contribution in [3.8, 4) is 0 Å². The average Bonchev–Trinajstić information content (AvgIpc) is 3.03. The van der Waals surface area contributed by atoms with Crippen LogP contribution >= 0.6 is 0 Å². The normalized spacial score (nSPS) is 18.2. The molecule has 0 aliphatic carbocycles. The first-order chi connectivity index (χ1) is 11.7. The Morgan fingerprint density at radius 2 is 2.21 bits per heavy atom. The molecule has 1 unspecified atom stereocenters. The number of likely N-dealkylation sites (tertiary alicyclic amines) is 1. The highest BCUT2D eigenvalue weighted by Gasteiger charge is 2.28. The molecule has 1 aromatic heterocycles. The first-order valence-corrected chi connectivity index (χ1v) is 8.29. The van der Waals surface area contributed by atoms with E-state index >= 15 is 0 Å². The van der Waals surface area contributed by atoms with Crippen molar-refractivity contribution in [3.05, 3.63) is 42.2 Å². The van der Waals surface area contributed by atoms with Gasteiger partial charge < -0.3 is 14.1 Å². The molecule has 5 nitrogen and oxygen atoms in total. The van der Waals surface area contributed by atoms with Crippen LogP contribution in [-0.2, 0) is 14.3 Å². The van der Waals surface area contributed by atoms with Crippen molar-refractivity contribution >= 4 is 28.9 Å². The summed E-state index contributed by atoms with van der Waals surface area (Å²) in [7, 11) is 0. The Morgan fingerprint density at radius 3 is 3.00 bits per heavy atom. The minimum atomic E-state index is -0.220. The summed E-state index contributed by atoms with van der Waals surface area (Å²) in [6, 6.07) is 9.61. The molecule has 2 heterocycles. The predicted molar refractivity (Wildman–Crippen MR) is 91.2 cm³/mol. The van der Waals surface area contributed by atoms with Crippen LogP contribution < -0.4 is 0 Å². The van der Waals surface area contributed by atoms with Crippen LogP contribution in [0, 0.1) is 5.92 Å². The molecular formula is C19H21NO4. The zero-order valence-electron chi connectivity index (χ0n) is 13.7. The van der Waals surface area contributed by atoms with Crippen molar-refractivity contribution in [2.24, 2.45) is 5.92 Å². The van der Waals surface area contributed by atoms with Gasteiger partial charge in [-0.25, -0.2) is 0 Å². The molecule has 0 N–H and O–H groups in total. The summed E-state index contributed by atoms with van der Waals surface area (Å²) < 4.78 is 10.7. The second-order valence-electron chi connectivity index (χ2n) is 5.90. The third-order valence-corrected chi connectivity index (χ3v) is 4.19. The minimum absolute atomic E-state index is 0.107. The van der Waals surface area contributed by atoms with E-state index in [1.807, 2.05) is 30.3 Å². The van der Waals surface area contributed by atoms with E-state index in [-0.39, 0.29) is 17.8 Å². The van der Waals surface area contributed by atoms with Gasteiger partial charge in [0.05, 0.1) is 12.5 Å². The number of piperidine rings is 1. The molecule has 1 aliphatic rings. The van der Waals surface area contributed by atoms with Gasteiger partial charge in [-0.2, -0.15) is 0 Å². The van der Waals surface area contributed by atoms with Crippen molar-refractivity contribution in [2.75, 3.05) is 19.7 Å². The van der Waals surface area contributed by atoms with Crippen LogP contribution in [0.4, 0.5) is 0 Å². The van der Waals surface area contributed by atoms with Crippen LogP contribution in [0.2, 0.25) is 0 Å². The lowest BCUT2D eigenvalue weighted by Crippen LogP contribution is -2.42. The van der Waals surface area contributed by atoms with E-state index in [1.165, 1.54) is 6.08 Å². The first kappa shape index (κ1) is 16.3. The molecule has 0 radical (unpaired) electrons. The van der Waals surface area contributed by atoms with Gasteiger partial charge in [-0.1, -0.05) is 18.2 Å². The fourth-order valence-electron chi connectivity index (χ4n) is 2.97. The summed E-state index contributed by atoms with van der Waals surface area (Å²) in [5.41, 5.74) is 0.796. The van der Waals surface area contributed by atoms with E-state index in [4.69, 9.17) is 9.15 Å². The lowest BCUT2D eigenvalue weighted by molar-refractivity contribution is -0.150. The van der Waals surface area contributed by atoms with E-state index in [1.54, 1.807) is 17.9 Å². The molecule has 1 amide bonds. The Labute approximate surface area is 140 Å². The number of ether oxygens (including phenoxy) is 1. The fraction of sp³-hybridized carbons (Fsp3) is 0.368. The van der Waals surface area contributed by atoms with E-state index < -0.39 is 0 Å². The van der Waals surface area contributed by atoms with Gasteiger partial charge >= 0.3 is 5.97 Å². The second kappa shape index (κ2) is 7.34. The minimum Gasteiger partial charge on any atom is -0.466 e. The van der Waals surface area contributed by atoms with Crippen LogP contribution in [0.15, 0.2) is 40.8 Å². The van der Waals surface area contributed by atoms with Gasteiger partial charge in [0, 0.05) is 24.6 Å². The summed E-state index contributed by atoms with van der Waals surface area (Å²) in [5.74, 6) is 0.103. The summed E-state index contributed by atoms with van der Waals surface area (Å²) >= 11 is 0. The van der Waals surface area contributed by atoms with Gasteiger partial charge in [0.1, 0.15) is 11.3 Å². The highest BCUT2D eigenvalue weighted by atomic mass is 16.5. The number of hydrogen-bond donors (Lipinski definition) is 0. The molecule has 126 valence electrons. The number of carbonyl (C=O) groups excluding carboxylic acids is 2. The van der Waals surface area contributed by atoms with E-state index in [2.05, 4.69) is 0 Å². The highest BCUT2D eigenvalue weighted by molar-refractivity contribution is 5.92. The summed E-state index contributed by atoms with van der Waals surface area (Å²) in [6.07, 6.45) is 4.77. The smallest absolute Gasteiger partial charge is 0.310 e. The average molecular weight is 327 g/mol. The number of esters is 1. The number of rotatable bonds is 4. The van der Waals surface area contributed by atoms with Crippen LogP contribution in [0.25, 0.3) is 17.0 Å². The molecule has 5 heteroatoms. The molecule has 0 saturated carbocycles. The van der Waals surface area contributed by atoms with Crippen molar-refractivity contribution in [3.63, 3.8) is 0 Å². The Balaban J connectivity index is 1.64. The Hall–Kier alpha value is -2.56. The van der Waals surface area contributed by atoms with Gasteiger partial charge in [-0.15, -0.1) is 0 Å². The first-order valence-electron chi connectivity index (χ1n) is 8.29. The van der Waals surface area contributed by atoms with Gasteiger partial charge in [-0.3, -0.25) is 9.59 Å². The lowest BCUT2D eigenvalue weighted by Gasteiger charge is -2.30. The van der Waals surface area contributed by atoms with Gasteiger partial charge in [0.25, 0.3) is 0 Å². The molecule has 3 rings (SSSR count). The molecule has 24 heavy (non-hydrogen) atoms. The zero-order valence-corrected chi connectivity index (χ0v) is 13.7. The SMILES string of the molecule is CCOC(=O)C1CCCN(C(=O)/C=C/c2cc3ccccc3o2)C1. The molecule has 1 atom stereocenters. The van der Waals surface area contributed by atoms with E-state index in [9.17, 15) is 9.59 Å². The lowest BCUT2D eigenvalue weighted by atomic mass is 9.98. The largest absolute Gasteiger partial charge is 0.466 e. The van der Waals surface area contributed by atoms with Crippen molar-refractivity contribution in [2.45, 2.75) is 19.8 Å². The third kappa shape index (κ3) is 3.67. The van der Waals surface area contributed by atoms with Crippen molar-refractivity contribution in [1.82, 2.24) is 4.90 Å². The summed E-state index contributed by atoms with van der Waals surface area (Å²) in [4.78, 5) is 25.9. The summed E-state index contributed by atoms with van der Waals surface area (Å²) in [5, 5.41) is 1.00. The van der Waals surface area contributed by atoms with Crippen LogP contribution in [0.3, 0.4) is 0 Å². The molecule has 1 fully saturated rings. The number of para-hydroxylation sites is 1. The molecular weight excluding hydrogens is 306 g/mol. The zero-order chi connectivity index (χ0) is 16.9. The molecule has 1 saturated heterocycles. The quantitative estimate of drug-likeness (QED) is 0.639. The Bertz CT molecular complexity index is 729. The number of hydrogen-bond acceptors (Lipinski definition) is 4. The number of benzene rings is 1. The number of amides is 1. The number of furan rings is 1. The highest BCUT2D eigenvalue weighted by Crippen LogP contribution is 2.21. The Morgan fingerprint density at radius 1 is 1.38 bits per heavy atom. The molecule has 0 spiro atoms. The van der Waals surface area contributed by atoms with Crippen molar-refractivity contribution in [1.29, 1.82) is 0 Å². The van der Waals surface area contributed by atoms with E-state index in [0.717, 1.165) is 23.8 Å². The second-order valence-corrected chi connectivity index (χ2v) is 5.90. The topological polar surface area (TPSA) is 59.8 Å². The number of fused-ring (bicyclic) bond motifs is 1. The fourth-order valence-corrected chi connectivity index (χ4v) is 2.97. The maximum absolute atomic E-state index is 12.4. The van der Waals surface area contributed by atoms with Crippen LogP contribution in [0.1, 0.15) is 25.5 Å². The monoisotopic (exact) mass is 327 g/mol. The molecule has 2 aromatic rings.